The van der Waals surface area contributed by atoms with Crippen LogP contribution >= 0.6 is 0 Å². The van der Waals surface area contributed by atoms with Crippen molar-refractivity contribution in [2.24, 2.45) is 11.7 Å². The number of esters is 1. The average molecular weight is 320 g/mol. The topological polar surface area (TPSA) is 98.9 Å². The Morgan fingerprint density at radius 1 is 1.26 bits per heavy atom. The number of methoxy groups -OCH3 is 1. The molecule has 1 aliphatic rings. The summed E-state index contributed by atoms with van der Waals surface area (Å²) in [6.45, 7) is 0.479. The summed E-state index contributed by atoms with van der Waals surface area (Å²) in [6.07, 6.45) is 1.40. The second kappa shape index (κ2) is 7.62. The number of nitrogens with zero attached hydrogens (tertiary/aromatic N) is 1. The molecule has 124 valence electrons. The molecular weight excluding hydrogens is 300 g/mol. The van der Waals surface area contributed by atoms with Crippen molar-refractivity contribution >= 4 is 17.8 Å². The van der Waals surface area contributed by atoms with E-state index >= 15 is 0 Å². The first-order valence-corrected chi connectivity index (χ1v) is 7.39. The zero-order chi connectivity index (χ0) is 16.8. The quantitative estimate of drug-likeness (QED) is 0.800. The number of hydrogen-bond donors (Lipinski definition) is 1. The largest absolute Gasteiger partial charge is 0.497 e. The molecule has 2 rings (SSSR count). The molecule has 2 N–H and O–H groups in total. The van der Waals surface area contributed by atoms with Gasteiger partial charge in [0.2, 0.25) is 5.91 Å². The van der Waals surface area contributed by atoms with Crippen LogP contribution in [0.25, 0.3) is 0 Å². The summed E-state index contributed by atoms with van der Waals surface area (Å²) in [5.74, 6) is -1.01. The highest BCUT2D eigenvalue weighted by molar-refractivity contribution is 5.91. The van der Waals surface area contributed by atoms with Crippen LogP contribution in [-0.2, 0) is 14.3 Å². The first-order chi connectivity index (χ1) is 11.0. The van der Waals surface area contributed by atoms with E-state index in [9.17, 15) is 14.4 Å². The minimum atomic E-state index is -0.579. The third-order valence-electron chi connectivity index (χ3n) is 3.83. The molecule has 2 amide bonds. The molecule has 0 saturated carbocycles. The van der Waals surface area contributed by atoms with E-state index in [2.05, 4.69) is 0 Å². The Balaban J connectivity index is 1.85. The normalized spacial score (nSPS) is 17.4. The number of benzene rings is 1. The molecular formula is C16H20N2O5. The fourth-order valence-electron chi connectivity index (χ4n) is 2.46. The summed E-state index contributed by atoms with van der Waals surface area (Å²) in [6, 6.07) is 6.41. The van der Waals surface area contributed by atoms with Gasteiger partial charge in [0.1, 0.15) is 5.75 Å². The fourth-order valence-corrected chi connectivity index (χ4v) is 2.46. The zero-order valence-electron chi connectivity index (χ0n) is 13.0. The van der Waals surface area contributed by atoms with Gasteiger partial charge in [-0.25, -0.2) is 4.79 Å². The van der Waals surface area contributed by atoms with Gasteiger partial charge in [0.05, 0.1) is 18.6 Å². The van der Waals surface area contributed by atoms with Gasteiger partial charge in [0.25, 0.3) is 5.91 Å². The Hall–Kier alpha value is -2.57. The fraction of sp³-hybridized carbons (Fsp3) is 0.438. The molecule has 23 heavy (non-hydrogen) atoms. The van der Waals surface area contributed by atoms with E-state index in [1.165, 1.54) is 12.0 Å². The number of rotatable bonds is 5. The first kappa shape index (κ1) is 16.8. The van der Waals surface area contributed by atoms with E-state index in [-0.39, 0.29) is 25.0 Å². The van der Waals surface area contributed by atoms with Gasteiger partial charge in [-0.2, -0.15) is 0 Å². The van der Waals surface area contributed by atoms with E-state index in [0.717, 1.165) is 0 Å². The number of amides is 2. The highest BCUT2D eigenvalue weighted by Gasteiger charge is 2.27. The van der Waals surface area contributed by atoms with Crippen LogP contribution in [0, 0.1) is 5.92 Å². The average Bonchev–Trinajstić information content (AvgIpc) is 2.59. The van der Waals surface area contributed by atoms with Crippen molar-refractivity contribution in [3.63, 3.8) is 0 Å². The summed E-state index contributed by atoms with van der Waals surface area (Å²) in [5.41, 5.74) is 5.62. The summed E-state index contributed by atoms with van der Waals surface area (Å²) in [4.78, 5) is 36.7. The van der Waals surface area contributed by atoms with Crippen molar-refractivity contribution in [1.82, 2.24) is 4.90 Å². The molecule has 0 aliphatic carbocycles. The van der Waals surface area contributed by atoms with E-state index in [1.54, 1.807) is 24.3 Å². The lowest BCUT2D eigenvalue weighted by Crippen LogP contribution is -2.45. The Bertz CT molecular complexity index is 585. The molecule has 0 bridgehead atoms. The molecule has 0 aromatic heterocycles. The van der Waals surface area contributed by atoms with Crippen molar-refractivity contribution in [1.29, 1.82) is 0 Å². The van der Waals surface area contributed by atoms with E-state index in [4.69, 9.17) is 15.2 Å². The maximum Gasteiger partial charge on any atom is 0.338 e. The van der Waals surface area contributed by atoms with Crippen LogP contribution in [0.15, 0.2) is 24.3 Å². The lowest BCUT2D eigenvalue weighted by molar-refractivity contribution is -0.137. The number of carbonyl (C=O) groups is 3. The van der Waals surface area contributed by atoms with Crippen molar-refractivity contribution in [2.45, 2.75) is 12.8 Å². The molecule has 1 atom stereocenters. The third-order valence-corrected chi connectivity index (χ3v) is 3.83. The van der Waals surface area contributed by atoms with Crippen LogP contribution in [0.3, 0.4) is 0 Å². The zero-order valence-corrected chi connectivity index (χ0v) is 13.0. The van der Waals surface area contributed by atoms with Gasteiger partial charge in [-0.05, 0) is 37.1 Å². The van der Waals surface area contributed by atoms with Gasteiger partial charge < -0.3 is 20.1 Å². The van der Waals surface area contributed by atoms with Crippen LogP contribution in [-0.4, -0.2) is 49.5 Å². The molecule has 7 heteroatoms. The van der Waals surface area contributed by atoms with Gasteiger partial charge in [-0.1, -0.05) is 0 Å². The molecule has 1 heterocycles. The number of likely N-dealkylation sites (tertiary alicyclic amines) is 1. The highest BCUT2D eigenvalue weighted by atomic mass is 16.5. The predicted molar refractivity (Wildman–Crippen MR) is 81.8 cm³/mol. The molecule has 1 aliphatic heterocycles. The first-order valence-electron chi connectivity index (χ1n) is 7.39. The van der Waals surface area contributed by atoms with Gasteiger partial charge in [-0.3, -0.25) is 9.59 Å². The summed E-state index contributed by atoms with van der Waals surface area (Å²) < 4.78 is 10.0. The Morgan fingerprint density at radius 2 is 1.96 bits per heavy atom. The van der Waals surface area contributed by atoms with Crippen LogP contribution in [0.1, 0.15) is 23.2 Å². The van der Waals surface area contributed by atoms with Crippen molar-refractivity contribution in [3.8, 4) is 5.75 Å². The molecule has 1 fully saturated rings. The monoisotopic (exact) mass is 320 g/mol. The van der Waals surface area contributed by atoms with E-state index < -0.39 is 11.9 Å². The standard InChI is InChI=1S/C16H20N2O5/c1-22-13-6-4-11(5-7-13)16(21)23-10-14(19)18-8-2-3-12(9-18)15(17)20/h4-7,12H,2-3,8-10H2,1H3,(H2,17,20)/t12-/m1/s1. The minimum Gasteiger partial charge on any atom is -0.497 e. The number of nitrogens with two attached hydrogens (primary N) is 1. The van der Waals surface area contributed by atoms with E-state index in [0.29, 0.717) is 30.7 Å². The number of piperidine rings is 1. The molecule has 0 unspecified atom stereocenters. The second-order valence-corrected chi connectivity index (χ2v) is 5.39. The molecule has 1 saturated heterocycles. The number of carbonyl (C=O) groups excluding carboxylic acids is 3. The van der Waals surface area contributed by atoms with Crippen LogP contribution in [0.5, 0.6) is 5.75 Å². The lowest BCUT2D eigenvalue weighted by Gasteiger charge is -2.31. The molecule has 0 radical (unpaired) electrons. The summed E-state index contributed by atoms with van der Waals surface area (Å²) >= 11 is 0. The SMILES string of the molecule is COc1ccc(C(=O)OCC(=O)N2CCC[C@@H](C(N)=O)C2)cc1. The number of primary amides is 1. The number of hydrogen-bond acceptors (Lipinski definition) is 5. The molecule has 1 aromatic carbocycles. The van der Waals surface area contributed by atoms with Crippen molar-refractivity contribution in [3.05, 3.63) is 29.8 Å². The van der Waals surface area contributed by atoms with Crippen molar-refractivity contribution in [2.75, 3.05) is 26.8 Å². The smallest absolute Gasteiger partial charge is 0.338 e. The Kier molecular flexibility index (Phi) is 5.56. The number of ether oxygens (including phenoxy) is 2. The van der Waals surface area contributed by atoms with E-state index in [1.807, 2.05) is 0 Å². The third kappa shape index (κ3) is 4.45. The van der Waals surface area contributed by atoms with Crippen LogP contribution in [0.4, 0.5) is 0 Å². The summed E-state index contributed by atoms with van der Waals surface area (Å²) in [7, 11) is 1.53. The minimum absolute atomic E-state index is 0.286. The second-order valence-electron chi connectivity index (χ2n) is 5.39. The van der Waals surface area contributed by atoms with Crippen LogP contribution < -0.4 is 10.5 Å². The molecule has 1 aromatic rings. The highest BCUT2D eigenvalue weighted by Crippen LogP contribution is 2.16. The van der Waals surface area contributed by atoms with Gasteiger partial charge in [0, 0.05) is 13.1 Å². The van der Waals surface area contributed by atoms with Crippen molar-refractivity contribution < 1.29 is 23.9 Å². The predicted octanol–water partition coefficient (Wildman–Crippen LogP) is 0.576. The molecule has 0 spiro atoms. The lowest BCUT2D eigenvalue weighted by atomic mass is 9.97. The summed E-state index contributed by atoms with van der Waals surface area (Å²) in [5, 5.41) is 0. The van der Waals surface area contributed by atoms with Gasteiger partial charge >= 0.3 is 5.97 Å². The maximum atomic E-state index is 12.1. The maximum absolute atomic E-state index is 12.1. The van der Waals surface area contributed by atoms with Gasteiger partial charge in [0.15, 0.2) is 6.61 Å². The van der Waals surface area contributed by atoms with Gasteiger partial charge in [-0.15, -0.1) is 0 Å². The molecule has 7 nitrogen and oxygen atoms in total. The Morgan fingerprint density at radius 3 is 2.57 bits per heavy atom. The Labute approximate surface area is 134 Å². The van der Waals surface area contributed by atoms with Crippen LogP contribution in [0.2, 0.25) is 0 Å².